The van der Waals surface area contributed by atoms with E-state index in [1.807, 2.05) is 0 Å². The third-order valence-electron chi connectivity index (χ3n) is 1.89. The zero-order valence-electron chi connectivity index (χ0n) is 9.42. The first-order valence-corrected chi connectivity index (χ1v) is 5.49. The van der Waals surface area contributed by atoms with Gasteiger partial charge in [-0.05, 0) is 31.2 Å². The Kier molecular flexibility index (Phi) is 4.84. The predicted molar refractivity (Wildman–Crippen MR) is 60.8 cm³/mol. The molecule has 100 valence electrons. The Hall–Kier alpha value is -1.43. The van der Waals surface area contributed by atoms with E-state index < -0.39 is 12.3 Å². The molecule has 0 saturated heterocycles. The van der Waals surface area contributed by atoms with Gasteiger partial charge in [-0.3, -0.25) is 4.79 Å². The average Bonchev–Trinajstić information content (AvgIpc) is 2.24. The van der Waals surface area contributed by atoms with Crippen LogP contribution in [0.2, 0.25) is 0 Å². The molecular formula is C11H11ClF3NO2. The minimum Gasteiger partial charge on any atom is -0.406 e. The fourth-order valence-corrected chi connectivity index (χ4v) is 1.22. The van der Waals surface area contributed by atoms with Crippen molar-refractivity contribution in [2.45, 2.75) is 18.7 Å². The molecule has 0 aliphatic rings. The van der Waals surface area contributed by atoms with Gasteiger partial charge in [-0.15, -0.1) is 24.8 Å². The number of amides is 1. The molecule has 0 saturated carbocycles. The summed E-state index contributed by atoms with van der Waals surface area (Å²) in [5, 5.41) is 2.31. The van der Waals surface area contributed by atoms with Gasteiger partial charge in [0.25, 0.3) is 5.91 Å². The molecule has 7 heteroatoms. The largest absolute Gasteiger partial charge is 0.573 e. The molecule has 0 heterocycles. The molecule has 0 radical (unpaired) electrons. The Labute approximate surface area is 107 Å². The van der Waals surface area contributed by atoms with Gasteiger partial charge >= 0.3 is 6.36 Å². The van der Waals surface area contributed by atoms with Gasteiger partial charge < -0.3 is 10.1 Å². The third kappa shape index (κ3) is 5.27. The highest BCUT2D eigenvalue weighted by molar-refractivity contribution is 6.20. The first kappa shape index (κ1) is 14.6. The van der Waals surface area contributed by atoms with E-state index in [0.717, 1.165) is 12.1 Å². The summed E-state index contributed by atoms with van der Waals surface area (Å²) >= 11 is 5.65. The number of hydrogen-bond acceptors (Lipinski definition) is 2. The van der Waals surface area contributed by atoms with Crippen molar-refractivity contribution in [1.82, 2.24) is 5.32 Å². The quantitative estimate of drug-likeness (QED) is 0.862. The van der Waals surface area contributed by atoms with Crippen LogP contribution in [0.25, 0.3) is 0 Å². The third-order valence-corrected chi connectivity index (χ3v) is 2.05. The van der Waals surface area contributed by atoms with Crippen molar-refractivity contribution in [3.8, 4) is 5.75 Å². The van der Waals surface area contributed by atoms with Crippen LogP contribution in [-0.4, -0.2) is 24.2 Å². The maximum Gasteiger partial charge on any atom is 0.573 e. The summed E-state index contributed by atoms with van der Waals surface area (Å²) < 4.78 is 39.4. The van der Waals surface area contributed by atoms with Gasteiger partial charge in [0, 0.05) is 17.5 Å². The molecule has 1 unspecified atom stereocenters. The maximum atomic E-state index is 11.9. The molecule has 0 aliphatic heterocycles. The SMILES string of the molecule is CC(Cl)CNC(=O)c1ccc(OC(F)(F)F)cc1. The van der Waals surface area contributed by atoms with Crippen molar-refractivity contribution in [3.63, 3.8) is 0 Å². The van der Waals surface area contributed by atoms with Crippen LogP contribution in [0.4, 0.5) is 13.2 Å². The van der Waals surface area contributed by atoms with Gasteiger partial charge in [-0.25, -0.2) is 0 Å². The van der Waals surface area contributed by atoms with Crippen LogP contribution in [0.3, 0.4) is 0 Å². The van der Waals surface area contributed by atoms with Crippen molar-refractivity contribution in [2.24, 2.45) is 0 Å². The molecule has 18 heavy (non-hydrogen) atoms. The van der Waals surface area contributed by atoms with Gasteiger partial charge in [0.1, 0.15) is 5.75 Å². The summed E-state index contributed by atoms with van der Waals surface area (Å²) in [4.78, 5) is 11.5. The Bertz CT molecular complexity index is 404. The standard InChI is InChI=1S/C11H11ClF3NO2/c1-7(12)6-16-10(17)8-2-4-9(5-3-8)18-11(13,14)15/h2-5,7H,6H2,1H3,(H,16,17). The molecule has 0 aliphatic carbocycles. The van der Waals surface area contributed by atoms with Crippen LogP contribution in [-0.2, 0) is 0 Å². The molecule has 1 N–H and O–H groups in total. The van der Waals surface area contributed by atoms with E-state index in [4.69, 9.17) is 11.6 Å². The lowest BCUT2D eigenvalue weighted by Crippen LogP contribution is -2.28. The van der Waals surface area contributed by atoms with Crippen molar-refractivity contribution in [2.75, 3.05) is 6.54 Å². The van der Waals surface area contributed by atoms with Crippen LogP contribution in [0, 0.1) is 0 Å². The van der Waals surface area contributed by atoms with Crippen molar-refractivity contribution >= 4 is 17.5 Å². The van der Waals surface area contributed by atoms with E-state index in [0.29, 0.717) is 0 Å². The topological polar surface area (TPSA) is 38.3 Å². The molecule has 0 fully saturated rings. The van der Waals surface area contributed by atoms with Crippen LogP contribution in [0.5, 0.6) is 5.75 Å². The zero-order chi connectivity index (χ0) is 13.8. The van der Waals surface area contributed by atoms with Gasteiger partial charge in [-0.2, -0.15) is 0 Å². The summed E-state index contributed by atoms with van der Waals surface area (Å²) in [6, 6.07) is 4.64. The molecule has 0 spiro atoms. The molecule has 1 atom stereocenters. The number of carbonyl (C=O) groups is 1. The zero-order valence-corrected chi connectivity index (χ0v) is 10.2. The number of carbonyl (C=O) groups excluding carboxylic acids is 1. The first-order chi connectivity index (χ1) is 8.28. The highest BCUT2D eigenvalue weighted by Crippen LogP contribution is 2.22. The smallest absolute Gasteiger partial charge is 0.406 e. The molecule has 1 aromatic carbocycles. The summed E-state index contributed by atoms with van der Waals surface area (Å²) in [7, 11) is 0. The van der Waals surface area contributed by atoms with E-state index >= 15 is 0 Å². The lowest BCUT2D eigenvalue weighted by Gasteiger charge is -2.09. The van der Waals surface area contributed by atoms with Crippen LogP contribution >= 0.6 is 11.6 Å². The molecule has 0 bridgehead atoms. The van der Waals surface area contributed by atoms with E-state index in [-0.39, 0.29) is 23.2 Å². The maximum absolute atomic E-state index is 11.9. The van der Waals surface area contributed by atoms with Crippen molar-refractivity contribution in [1.29, 1.82) is 0 Å². The Morgan fingerprint density at radius 3 is 2.39 bits per heavy atom. The second-order valence-electron chi connectivity index (χ2n) is 3.56. The number of ether oxygens (including phenoxy) is 1. The van der Waals surface area contributed by atoms with Gasteiger partial charge in [0.2, 0.25) is 0 Å². The van der Waals surface area contributed by atoms with Gasteiger partial charge in [-0.1, -0.05) is 0 Å². The normalized spacial score (nSPS) is 12.9. The fourth-order valence-electron chi connectivity index (χ4n) is 1.14. The van der Waals surface area contributed by atoms with Crippen LogP contribution in [0.1, 0.15) is 17.3 Å². The molecule has 0 aromatic heterocycles. The lowest BCUT2D eigenvalue weighted by molar-refractivity contribution is -0.274. The number of alkyl halides is 4. The highest BCUT2D eigenvalue weighted by Gasteiger charge is 2.31. The molecule has 3 nitrogen and oxygen atoms in total. The van der Waals surface area contributed by atoms with E-state index in [2.05, 4.69) is 10.1 Å². The summed E-state index contributed by atoms with van der Waals surface area (Å²) in [5.74, 6) is -0.772. The minimum atomic E-state index is -4.74. The van der Waals surface area contributed by atoms with Crippen LogP contribution < -0.4 is 10.1 Å². The Morgan fingerprint density at radius 2 is 1.94 bits per heavy atom. The molecule has 1 amide bonds. The van der Waals surface area contributed by atoms with Crippen molar-refractivity contribution < 1.29 is 22.7 Å². The number of halogens is 4. The van der Waals surface area contributed by atoms with Gasteiger partial charge in [0.05, 0.1) is 0 Å². The second-order valence-corrected chi connectivity index (χ2v) is 4.31. The van der Waals surface area contributed by atoms with E-state index in [1.54, 1.807) is 6.92 Å². The van der Waals surface area contributed by atoms with E-state index in [9.17, 15) is 18.0 Å². The summed E-state index contributed by atoms with van der Waals surface area (Å²) in [5.41, 5.74) is 0.238. The average molecular weight is 282 g/mol. The van der Waals surface area contributed by atoms with Crippen LogP contribution in [0.15, 0.2) is 24.3 Å². The molecular weight excluding hydrogens is 271 g/mol. The lowest BCUT2D eigenvalue weighted by atomic mass is 10.2. The predicted octanol–water partition coefficient (Wildman–Crippen LogP) is 2.94. The van der Waals surface area contributed by atoms with Gasteiger partial charge in [0.15, 0.2) is 0 Å². The number of hydrogen-bond donors (Lipinski definition) is 1. The number of rotatable bonds is 4. The Morgan fingerprint density at radius 1 is 1.39 bits per heavy atom. The first-order valence-electron chi connectivity index (χ1n) is 5.06. The van der Waals surface area contributed by atoms with Crippen molar-refractivity contribution in [3.05, 3.63) is 29.8 Å². The second kappa shape index (κ2) is 5.95. The molecule has 1 rings (SSSR count). The number of benzene rings is 1. The highest BCUT2D eigenvalue weighted by atomic mass is 35.5. The Balaban J connectivity index is 2.62. The fraction of sp³-hybridized carbons (Fsp3) is 0.364. The summed E-state index contributed by atoms with van der Waals surface area (Å²) in [6.45, 7) is 1.99. The summed E-state index contributed by atoms with van der Waals surface area (Å²) in [6.07, 6.45) is -4.74. The minimum absolute atomic E-state index is 0.221. The number of nitrogens with one attached hydrogen (secondary N) is 1. The molecule has 1 aromatic rings. The monoisotopic (exact) mass is 281 g/mol. The van der Waals surface area contributed by atoms with E-state index in [1.165, 1.54) is 12.1 Å².